The number of benzene rings is 9. The quantitative estimate of drug-likeness (QED) is 0.0240. The van der Waals surface area contributed by atoms with E-state index in [2.05, 4.69) is 40.7 Å². The highest BCUT2D eigenvalue weighted by Crippen LogP contribution is 2.58. The Bertz CT molecular complexity index is 5630. The lowest BCUT2D eigenvalue weighted by Crippen LogP contribution is -2.48. The molecule has 5 fully saturated rings. The van der Waals surface area contributed by atoms with Crippen LogP contribution in [0.3, 0.4) is 0 Å². The standard InChI is InChI=1S/2C33H33Cl3N4O3S.C30H29Cl2N3O3S/c2*34-23-4-2-22(3-5-23)21-40-30(41)19-33(44-26-9-6-24(35)7-10-26,32(42)37-12-1-13-39-14-16-43-17-15-39)31(40)28-20-38-29-18-25(36)8-11-27(28)29;1-19-3-10-23(11-4-19)39-30(29(37)33-13-14-38-2)16-27(36)35(18-20-5-7-21(31)8-6-20)28(30)25-17-34-26-15-22(32)9-12-24(25)26/h2*2-11,18,20,31,38H,1,12-17,19,21H2,(H,37,42);3-12,15,17,28,34H,13-14,16,18H2,1-2H3,(H,33,37)/t31-,33+;31-,33-;28-,30-/m000/s1. The smallest absolute Gasteiger partial charge is 0.239 e. The lowest BCUT2D eigenvalue weighted by molar-refractivity contribution is -0.130. The second-order valence-electron chi connectivity index (χ2n) is 32.1. The number of aryl methyl sites for hydroxylation is 1. The Balaban J connectivity index is 0.000000147. The molecule has 5 aliphatic rings. The highest BCUT2D eigenvalue weighted by molar-refractivity contribution is 8.02. The number of likely N-dealkylation sites (tertiary alicyclic amines) is 3. The van der Waals surface area contributed by atoms with Crippen LogP contribution in [0.25, 0.3) is 32.7 Å². The summed E-state index contributed by atoms with van der Waals surface area (Å²) in [5, 5.41) is 17.1. The number of carbonyl (C=O) groups excluding carboxylic acids is 6. The Morgan fingerprint density at radius 2 is 0.669 bits per heavy atom. The van der Waals surface area contributed by atoms with Gasteiger partial charge in [-0.25, -0.2) is 0 Å². The summed E-state index contributed by atoms with van der Waals surface area (Å²) >= 11 is 54.1. The Labute approximate surface area is 790 Å². The summed E-state index contributed by atoms with van der Waals surface area (Å²) in [6.45, 7) is 13.0. The Kier molecular flexibility index (Phi) is 31.3. The number of rotatable bonds is 29. The molecular weight excluding hydrogens is 1830 g/mol. The molecule has 0 aliphatic carbocycles. The Morgan fingerprint density at radius 3 is 0.969 bits per heavy atom. The zero-order valence-electron chi connectivity index (χ0n) is 69.7. The largest absolute Gasteiger partial charge is 0.383 e. The van der Waals surface area contributed by atoms with Gasteiger partial charge in [-0.05, 0) is 183 Å². The average Bonchev–Trinajstić information content (AvgIpc) is 1.58. The number of ether oxygens (including phenoxy) is 3. The highest BCUT2D eigenvalue weighted by atomic mass is 35.5. The lowest BCUT2D eigenvalue weighted by Gasteiger charge is -2.36. The molecule has 9 aromatic carbocycles. The van der Waals surface area contributed by atoms with Crippen LogP contribution in [0.5, 0.6) is 0 Å². The summed E-state index contributed by atoms with van der Waals surface area (Å²) in [4.78, 5) is 108. The van der Waals surface area contributed by atoms with Crippen LogP contribution in [0.1, 0.15) is 89.2 Å². The van der Waals surface area contributed by atoms with Crippen molar-refractivity contribution in [1.29, 1.82) is 0 Å². The molecule has 5 aliphatic heterocycles. The Hall–Kier alpha value is -8.41. The van der Waals surface area contributed by atoms with Crippen LogP contribution < -0.4 is 16.0 Å². The number of morpholine rings is 2. The average molecular weight is 1930 g/mol. The van der Waals surface area contributed by atoms with Gasteiger partial charge >= 0.3 is 0 Å². The molecule has 8 heterocycles. The summed E-state index contributed by atoms with van der Waals surface area (Å²) in [5.74, 6) is -0.832. The second kappa shape index (κ2) is 42.7. The van der Waals surface area contributed by atoms with Crippen molar-refractivity contribution in [3.63, 3.8) is 0 Å². The molecule has 0 radical (unpaired) electrons. The molecule has 0 unspecified atom stereocenters. The van der Waals surface area contributed by atoms with Crippen LogP contribution in [0.4, 0.5) is 0 Å². The summed E-state index contributed by atoms with van der Waals surface area (Å²) in [6.07, 6.45) is 7.42. The topological polar surface area (TPSA) is 230 Å². The fourth-order valence-electron chi connectivity index (χ4n) is 17.3. The number of H-pyrrole nitrogens is 3. The summed E-state index contributed by atoms with van der Waals surface area (Å²) in [6, 6.07) is 60.4. The number of aromatic nitrogens is 3. The van der Waals surface area contributed by atoms with Crippen molar-refractivity contribution >= 4 is 196 Å². The normalized spacial score (nSPS) is 20.3. The van der Waals surface area contributed by atoms with E-state index in [1.165, 1.54) is 35.3 Å². The molecule has 3 aromatic heterocycles. The number of amides is 6. The number of hydrogen-bond acceptors (Lipinski definition) is 14. The number of carbonyl (C=O) groups is 6. The molecule has 0 saturated carbocycles. The number of thioether (sulfide) groups is 3. The van der Waals surface area contributed by atoms with E-state index < -0.39 is 32.4 Å². The maximum Gasteiger partial charge on any atom is 0.239 e. The van der Waals surface area contributed by atoms with E-state index >= 15 is 0 Å². The molecule has 5 saturated heterocycles. The number of nitrogens with one attached hydrogen (secondary N) is 6. The van der Waals surface area contributed by atoms with Crippen LogP contribution in [0.15, 0.2) is 233 Å². The van der Waals surface area contributed by atoms with Gasteiger partial charge in [-0.1, -0.05) is 165 Å². The van der Waals surface area contributed by atoms with Gasteiger partial charge in [0.15, 0.2) is 0 Å². The molecule has 6 atom stereocenters. The van der Waals surface area contributed by atoms with Crippen molar-refractivity contribution in [3.8, 4) is 0 Å². The monoisotopic (exact) mass is 1920 g/mol. The molecular formula is C96H95Cl8N11O9S3. The van der Waals surface area contributed by atoms with E-state index in [-0.39, 0.29) is 54.7 Å². The van der Waals surface area contributed by atoms with E-state index in [0.29, 0.717) is 86.1 Å². The third kappa shape index (κ3) is 22.1. The van der Waals surface area contributed by atoms with E-state index in [0.717, 1.165) is 165 Å². The van der Waals surface area contributed by atoms with Gasteiger partial charge in [0, 0.05) is 195 Å². The van der Waals surface area contributed by atoms with E-state index in [1.54, 1.807) is 7.11 Å². The zero-order valence-corrected chi connectivity index (χ0v) is 78.2. The van der Waals surface area contributed by atoms with Gasteiger partial charge < -0.3 is 59.8 Å². The molecule has 127 heavy (non-hydrogen) atoms. The van der Waals surface area contributed by atoms with Crippen molar-refractivity contribution in [2.24, 2.45) is 0 Å². The first-order valence-electron chi connectivity index (χ1n) is 42.0. The first-order chi connectivity index (χ1) is 61.4. The molecule has 0 bridgehead atoms. The maximum absolute atomic E-state index is 14.6. The van der Waals surface area contributed by atoms with Gasteiger partial charge in [0.2, 0.25) is 35.4 Å². The number of nitrogens with zero attached hydrogens (tertiary/aromatic N) is 5. The van der Waals surface area contributed by atoms with Gasteiger partial charge in [-0.2, -0.15) is 0 Å². The van der Waals surface area contributed by atoms with E-state index in [1.807, 2.05) is 240 Å². The predicted molar refractivity (Wildman–Crippen MR) is 513 cm³/mol. The summed E-state index contributed by atoms with van der Waals surface area (Å²) < 4.78 is 12.7. The van der Waals surface area contributed by atoms with E-state index in [9.17, 15) is 28.8 Å². The fraction of sp³-hybridized carbons (Fsp3) is 0.312. The number of halogens is 8. The maximum atomic E-state index is 14.6. The number of hydrogen-bond donors (Lipinski definition) is 6. The third-order valence-corrected chi connectivity index (χ3v) is 29.8. The molecule has 20 nitrogen and oxygen atoms in total. The summed E-state index contributed by atoms with van der Waals surface area (Å²) in [7, 11) is 1.59. The van der Waals surface area contributed by atoms with Gasteiger partial charge in [0.1, 0.15) is 14.2 Å². The van der Waals surface area contributed by atoms with E-state index in [4.69, 9.17) is 107 Å². The third-order valence-electron chi connectivity index (χ3n) is 23.5. The van der Waals surface area contributed by atoms with Crippen molar-refractivity contribution in [1.82, 2.24) is 55.4 Å². The fourth-order valence-corrected chi connectivity index (χ4v) is 22.7. The summed E-state index contributed by atoms with van der Waals surface area (Å²) in [5.41, 5.74) is 9.02. The SMILES string of the molecule is COCCNC(=O)[C@]1(Sc2ccc(C)cc2)CC(=O)N(Cc2ccc(Cl)cc2)[C@H]1c1c[nH]c2cc(Cl)ccc12.O=C1C[C@@](Sc2ccc(Cl)cc2)(C(=O)NCCCN2CCOCC2)[C@H](c2c[nH]c3cc(Cl)ccc23)N1Cc1ccc(Cl)cc1.O=C1C[C@](Sc2ccc(Cl)cc2)(C(=O)NCCCN2CCOCC2)[C@H](c2c[nH]c3cc(Cl)ccc23)N1Cc1ccc(Cl)cc1. The number of aromatic amines is 3. The number of methoxy groups -OCH3 is 1. The minimum Gasteiger partial charge on any atom is -0.383 e. The Morgan fingerprint density at radius 1 is 0.394 bits per heavy atom. The lowest BCUT2D eigenvalue weighted by atomic mass is 9.91. The van der Waals surface area contributed by atoms with Crippen LogP contribution >= 0.6 is 128 Å². The second-order valence-corrected chi connectivity index (χ2v) is 39.8. The van der Waals surface area contributed by atoms with Crippen molar-refractivity contribution < 1.29 is 43.0 Å². The van der Waals surface area contributed by atoms with Crippen molar-refractivity contribution in [2.45, 2.75) is 106 Å². The van der Waals surface area contributed by atoms with Crippen LogP contribution in [0, 0.1) is 6.92 Å². The molecule has 662 valence electrons. The number of fused-ring (bicyclic) bond motifs is 3. The van der Waals surface area contributed by atoms with Gasteiger partial charge in [0.25, 0.3) is 0 Å². The first-order valence-corrected chi connectivity index (χ1v) is 47.4. The van der Waals surface area contributed by atoms with Crippen molar-refractivity contribution in [3.05, 3.63) is 298 Å². The van der Waals surface area contributed by atoms with Crippen LogP contribution in [-0.2, 0) is 62.6 Å². The van der Waals surface area contributed by atoms with Gasteiger partial charge in [0.05, 0.1) is 70.4 Å². The minimum atomic E-state index is -1.16. The predicted octanol–water partition coefficient (Wildman–Crippen LogP) is 20.5. The minimum absolute atomic E-state index is 0.0358. The van der Waals surface area contributed by atoms with Gasteiger partial charge in [-0.15, -0.1) is 35.3 Å². The molecule has 0 spiro atoms. The zero-order chi connectivity index (χ0) is 88.9. The molecule has 31 heteroatoms. The van der Waals surface area contributed by atoms with Crippen molar-refractivity contribution in [2.75, 3.05) is 99.0 Å². The van der Waals surface area contributed by atoms with Crippen LogP contribution in [0.2, 0.25) is 40.2 Å². The molecule has 17 rings (SSSR count). The first kappa shape index (κ1) is 93.3. The highest BCUT2D eigenvalue weighted by Gasteiger charge is 2.62. The molecule has 6 N–H and O–H groups in total. The molecule has 12 aromatic rings. The van der Waals surface area contributed by atoms with Gasteiger partial charge in [-0.3, -0.25) is 38.6 Å². The molecule has 6 amide bonds. The van der Waals surface area contributed by atoms with Crippen LogP contribution in [-0.4, -0.2) is 188 Å².